The Morgan fingerprint density at radius 1 is 1.30 bits per heavy atom. The van der Waals surface area contributed by atoms with Crippen LogP contribution >= 0.6 is 11.6 Å². The third kappa shape index (κ3) is 5.04. The lowest BCUT2D eigenvalue weighted by molar-refractivity contribution is 0.0899. The SMILES string of the molecule is CCC(N)C(c1ccc(Cl)cc1)N(CCO)CCOC. The zero-order chi connectivity index (χ0) is 15.0. The van der Waals surface area contributed by atoms with Crippen LogP contribution in [0.2, 0.25) is 5.02 Å². The Balaban J connectivity index is 2.98. The number of halogens is 1. The van der Waals surface area contributed by atoms with Crippen LogP contribution in [0.1, 0.15) is 24.9 Å². The maximum Gasteiger partial charge on any atom is 0.0589 e. The molecule has 0 heterocycles. The fraction of sp³-hybridized carbons (Fsp3) is 0.600. The normalized spacial score (nSPS) is 14.5. The van der Waals surface area contributed by atoms with Crippen molar-refractivity contribution in [3.05, 3.63) is 34.9 Å². The Bertz CT molecular complexity index is 373. The maximum absolute atomic E-state index is 9.29. The van der Waals surface area contributed by atoms with Crippen LogP contribution in [-0.2, 0) is 4.74 Å². The lowest BCUT2D eigenvalue weighted by Crippen LogP contribution is -2.43. The summed E-state index contributed by atoms with van der Waals surface area (Å²) in [6, 6.07) is 7.80. The topological polar surface area (TPSA) is 58.7 Å². The van der Waals surface area contributed by atoms with E-state index in [1.54, 1.807) is 7.11 Å². The molecule has 1 aromatic rings. The van der Waals surface area contributed by atoms with Crippen molar-refractivity contribution in [2.24, 2.45) is 5.73 Å². The van der Waals surface area contributed by atoms with Crippen molar-refractivity contribution >= 4 is 11.6 Å². The van der Waals surface area contributed by atoms with E-state index in [-0.39, 0.29) is 18.7 Å². The van der Waals surface area contributed by atoms with Crippen molar-refractivity contribution < 1.29 is 9.84 Å². The van der Waals surface area contributed by atoms with Crippen LogP contribution in [0, 0.1) is 0 Å². The van der Waals surface area contributed by atoms with E-state index in [1.807, 2.05) is 24.3 Å². The molecule has 0 spiro atoms. The molecule has 1 rings (SSSR count). The van der Waals surface area contributed by atoms with Gasteiger partial charge in [-0.25, -0.2) is 0 Å². The predicted octanol–water partition coefficient (Wildman–Crippen LogP) is 2.06. The standard InChI is InChI=1S/C15H25ClN2O2/c1-3-14(17)15(12-4-6-13(16)7-5-12)18(8-10-19)9-11-20-2/h4-7,14-15,19H,3,8-11,17H2,1-2H3. The van der Waals surface area contributed by atoms with Gasteiger partial charge in [0.15, 0.2) is 0 Å². The number of ether oxygens (including phenoxy) is 1. The molecule has 4 nitrogen and oxygen atoms in total. The monoisotopic (exact) mass is 300 g/mol. The molecule has 114 valence electrons. The van der Waals surface area contributed by atoms with Crippen LogP contribution < -0.4 is 5.73 Å². The van der Waals surface area contributed by atoms with E-state index in [0.29, 0.717) is 18.2 Å². The van der Waals surface area contributed by atoms with Crippen LogP contribution in [0.15, 0.2) is 24.3 Å². The number of aliphatic hydroxyl groups is 1. The highest BCUT2D eigenvalue weighted by molar-refractivity contribution is 6.30. The molecule has 0 aliphatic heterocycles. The first-order chi connectivity index (χ1) is 9.63. The summed E-state index contributed by atoms with van der Waals surface area (Å²) < 4.78 is 5.15. The molecule has 0 saturated carbocycles. The van der Waals surface area contributed by atoms with Gasteiger partial charge in [-0.2, -0.15) is 0 Å². The van der Waals surface area contributed by atoms with Crippen LogP contribution in [-0.4, -0.2) is 49.5 Å². The Kier molecular flexibility index (Phi) is 8.11. The second-order valence-electron chi connectivity index (χ2n) is 4.82. The number of nitrogens with zero attached hydrogens (tertiary/aromatic N) is 1. The molecule has 0 saturated heterocycles. The first kappa shape index (κ1) is 17.4. The van der Waals surface area contributed by atoms with Gasteiger partial charge in [-0.1, -0.05) is 30.7 Å². The third-order valence-electron chi connectivity index (χ3n) is 3.45. The van der Waals surface area contributed by atoms with E-state index in [0.717, 1.165) is 18.5 Å². The quantitative estimate of drug-likeness (QED) is 0.733. The summed E-state index contributed by atoms with van der Waals surface area (Å²) in [5, 5.41) is 10.00. The minimum absolute atomic E-state index is 0.000387. The molecule has 0 radical (unpaired) electrons. The number of methoxy groups -OCH3 is 1. The molecule has 20 heavy (non-hydrogen) atoms. The van der Waals surface area contributed by atoms with Crippen LogP contribution in [0.4, 0.5) is 0 Å². The van der Waals surface area contributed by atoms with Crippen LogP contribution in [0.3, 0.4) is 0 Å². The van der Waals surface area contributed by atoms with Crippen LogP contribution in [0.5, 0.6) is 0 Å². The van der Waals surface area contributed by atoms with E-state index in [2.05, 4.69) is 11.8 Å². The molecular weight excluding hydrogens is 276 g/mol. The molecule has 5 heteroatoms. The molecule has 0 fully saturated rings. The summed E-state index contributed by atoms with van der Waals surface area (Å²) in [6.45, 7) is 4.09. The van der Waals surface area contributed by atoms with Crippen LogP contribution in [0.25, 0.3) is 0 Å². The van der Waals surface area contributed by atoms with Gasteiger partial charge in [0, 0.05) is 31.3 Å². The van der Waals surface area contributed by atoms with Crippen molar-refractivity contribution in [1.29, 1.82) is 0 Å². The first-order valence-electron chi connectivity index (χ1n) is 6.98. The molecule has 0 bridgehead atoms. The molecule has 0 aliphatic carbocycles. The van der Waals surface area contributed by atoms with Crippen molar-refractivity contribution in [3.8, 4) is 0 Å². The Labute approximate surface area is 126 Å². The fourth-order valence-corrected chi connectivity index (χ4v) is 2.46. The summed E-state index contributed by atoms with van der Waals surface area (Å²) >= 11 is 5.95. The summed E-state index contributed by atoms with van der Waals surface area (Å²) in [6.07, 6.45) is 0.863. The van der Waals surface area contributed by atoms with Gasteiger partial charge in [-0.05, 0) is 24.1 Å². The first-order valence-corrected chi connectivity index (χ1v) is 7.36. The summed E-state index contributed by atoms with van der Waals surface area (Å²) in [5.74, 6) is 0. The average Bonchev–Trinajstić information content (AvgIpc) is 2.46. The minimum atomic E-state index is -0.000387. The number of hydrogen-bond acceptors (Lipinski definition) is 4. The van der Waals surface area contributed by atoms with Gasteiger partial charge in [-0.15, -0.1) is 0 Å². The maximum atomic E-state index is 9.29. The molecule has 3 N–H and O–H groups in total. The molecule has 1 aromatic carbocycles. The highest BCUT2D eigenvalue weighted by atomic mass is 35.5. The second-order valence-corrected chi connectivity index (χ2v) is 5.26. The van der Waals surface area contributed by atoms with Gasteiger partial charge >= 0.3 is 0 Å². The Morgan fingerprint density at radius 3 is 2.45 bits per heavy atom. The van der Waals surface area contributed by atoms with E-state index in [9.17, 15) is 5.11 Å². The smallest absolute Gasteiger partial charge is 0.0589 e. The third-order valence-corrected chi connectivity index (χ3v) is 3.70. The van der Waals surface area contributed by atoms with Crippen molar-refractivity contribution in [2.75, 3.05) is 33.4 Å². The van der Waals surface area contributed by atoms with Gasteiger partial charge < -0.3 is 15.6 Å². The molecule has 0 aliphatic rings. The Morgan fingerprint density at radius 2 is 1.95 bits per heavy atom. The van der Waals surface area contributed by atoms with E-state index < -0.39 is 0 Å². The summed E-state index contributed by atoms with van der Waals surface area (Å²) in [5.41, 5.74) is 7.41. The molecule has 0 amide bonds. The molecule has 2 atom stereocenters. The predicted molar refractivity (Wildman–Crippen MR) is 83.0 cm³/mol. The average molecular weight is 301 g/mol. The number of nitrogens with two attached hydrogens (primary N) is 1. The van der Waals surface area contributed by atoms with Gasteiger partial charge in [0.1, 0.15) is 0 Å². The highest BCUT2D eigenvalue weighted by Crippen LogP contribution is 2.26. The van der Waals surface area contributed by atoms with Gasteiger partial charge in [0.2, 0.25) is 0 Å². The van der Waals surface area contributed by atoms with E-state index in [1.165, 1.54) is 0 Å². The molecule has 2 unspecified atom stereocenters. The van der Waals surface area contributed by atoms with Crippen molar-refractivity contribution in [3.63, 3.8) is 0 Å². The summed E-state index contributed by atoms with van der Waals surface area (Å²) in [4.78, 5) is 2.17. The van der Waals surface area contributed by atoms with Gasteiger partial charge in [0.05, 0.1) is 19.3 Å². The lowest BCUT2D eigenvalue weighted by atomic mass is 9.96. The fourth-order valence-electron chi connectivity index (χ4n) is 2.34. The van der Waals surface area contributed by atoms with E-state index in [4.69, 9.17) is 22.1 Å². The number of rotatable bonds is 9. The zero-order valence-electron chi connectivity index (χ0n) is 12.3. The molecule has 0 aromatic heterocycles. The second kappa shape index (κ2) is 9.32. The van der Waals surface area contributed by atoms with Gasteiger partial charge in [-0.3, -0.25) is 4.90 Å². The van der Waals surface area contributed by atoms with Crippen molar-refractivity contribution in [1.82, 2.24) is 4.90 Å². The van der Waals surface area contributed by atoms with E-state index >= 15 is 0 Å². The minimum Gasteiger partial charge on any atom is -0.395 e. The largest absolute Gasteiger partial charge is 0.395 e. The number of benzene rings is 1. The number of hydrogen-bond donors (Lipinski definition) is 2. The zero-order valence-corrected chi connectivity index (χ0v) is 13.0. The lowest BCUT2D eigenvalue weighted by Gasteiger charge is -2.35. The summed E-state index contributed by atoms with van der Waals surface area (Å²) in [7, 11) is 1.67. The highest BCUT2D eigenvalue weighted by Gasteiger charge is 2.25. The molecular formula is C15H25ClN2O2. The number of aliphatic hydroxyl groups excluding tert-OH is 1. The van der Waals surface area contributed by atoms with Crippen molar-refractivity contribution in [2.45, 2.75) is 25.4 Å². The Hall–Kier alpha value is -0.650. The van der Waals surface area contributed by atoms with Gasteiger partial charge in [0.25, 0.3) is 0 Å².